The molecule has 1 unspecified atom stereocenters. The number of rotatable bonds is 21. The molecule has 0 heterocycles. The first kappa shape index (κ1) is 28.3. The summed E-state index contributed by atoms with van der Waals surface area (Å²) in [6, 6.07) is 0. The first-order valence-corrected chi connectivity index (χ1v) is 13.1. The maximum atomic E-state index is 11.2. The minimum Gasteiger partial charge on any atom is -0.381 e. The van der Waals surface area contributed by atoms with Gasteiger partial charge in [0, 0.05) is 0 Å². The van der Waals surface area contributed by atoms with Crippen molar-refractivity contribution < 1.29 is 27.1 Å². The number of hydrogen-bond acceptors (Lipinski definition) is 5. The second kappa shape index (κ2) is 19.3. The molecule has 0 aliphatic carbocycles. The summed E-state index contributed by atoms with van der Waals surface area (Å²) < 4.78 is 32.9. The summed E-state index contributed by atoms with van der Waals surface area (Å²) in [5.74, 6) is -1.32. The van der Waals surface area contributed by atoms with Crippen LogP contribution in [0.2, 0.25) is 0 Å². The predicted molar refractivity (Wildman–Crippen MR) is 117 cm³/mol. The molecule has 0 rings (SSSR count). The lowest BCUT2D eigenvalue weighted by Crippen LogP contribution is -2.25. The molecular weight excluding hydrogens is 392 g/mol. The van der Waals surface area contributed by atoms with Crippen LogP contribution in [0.5, 0.6) is 0 Å². The summed E-state index contributed by atoms with van der Waals surface area (Å²) in [5, 5.41) is 9.47. The lowest BCUT2D eigenvalue weighted by Gasteiger charge is -2.08. The normalized spacial score (nSPS) is 12.8. The average molecular weight is 437 g/mol. The highest BCUT2D eigenvalue weighted by Crippen LogP contribution is 2.15. The fourth-order valence-electron chi connectivity index (χ4n) is 3.52. The molecule has 0 aromatic rings. The van der Waals surface area contributed by atoms with Crippen molar-refractivity contribution in [1.29, 1.82) is 0 Å². The maximum absolute atomic E-state index is 11.2. The standard InChI is InChI=1S/C22H44O6S/c1-2-3-4-5-6-7-8-9-10-11-12-13-14-15-16-17-18-19-20-21(23)22(24)28-29(25,26)27/h21,23H,2-20H2,1H3,(H,25,26,27). The van der Waals surface area contributed by atoms with Crippen molar-refractivity contribution in [1.82, 2.24) is 0 Å². The van der Waals surface area contributed by atoms with Crippen molar-refractivity contribution in [3.8, 4) is 0 Å². The Balaban J connectivity index is 3.25. The molecule has 0 aliphatic rings. The molecule has 0 fully saturated rings. The Labute approximate surface area is 178 Å². The number of aliphatic hydroxyl groups is 1. The number of carbonyl (C=O) groups excluding carboxylic acids is 1. The molecule has 1 atom stereocenters. The van der Waals surface area contributed by atoms with Crippen molar-refractivity contribution in [2.24, 2.45) is 0 Å². The summed E-state index contributed by atoms with van der Waals surface area (Å²) in [4.78, 5) is 11.2. The van der Waals surface area contributed by atoms with Gasteiger partial charge < -0.3 is 9.29 Å². The van der Waals surface area contributed by atoms with Crippen LogP contribution in [0.4, 0.5) is 0 Å². The maximum Gasteiger partial charge on any atom is 0.449 e. The summed E-state index contributed by atoms with van der Waals surface area (Å²) in [5.41, 5.74) is 0. The SMILES string of the molecule is CCCCCCCCCCCCCCCCCCCCC(O)C(=O)OS(=O)(=O)O. The fourth-order valence-corrected chi connectivity index (χ4v) is 3.84. The average Bonchev–Trinajstić information content (AvgIpc) is 2.65. The van der Waals surface area contributed by atoms with Crippen molar-refractivity contribution in [3.05, 3.63) is 0 Å². The van der Waals surface area contributed by atoms with E-state index in [0.717, 1.165) is 19.3 Å². The van der Waals surface area contributed by atoms with Crippen LogP contribution in [0.15, 0.2) is 0 Å². The molecule has 0 radical (unpaired) electrons. The molecule has 174 valence electrons. The Morgan fingerprint density at radius 1 is 0.690 bits per heavy atom. The molecule has 0 aliphatic heterocycles. The van der Waals surface area contributed by atoms with Crippen molar-refractivity contribution >= 4 is 16.4 Å². The van der Waals surface area contributed by atoms with Gasteiger partial charge >= 0.3 is 16.4 Å². The first-order valence-electron chi connectivity index (χ1n) is 11.8. The summed E-state index contributed by atoms with van der Waals surface area (Å²) in [6.07, 6.45) is 21.3. The van der Waals surface area contributed by atoms with Gasteiger partial charge in [-0.3, -0.25) is 4.55 Å². The van der Waals surface area contributed by atoms with Crippen LogP contribution in [-0.2, 0) is 19.4 Å². The van der Waals surface area contributed by atoms with Gasteiger partial charge in [-0.15, -0.1) is 0 Å². The molecule has 7 heteroatoms. The van der Waals surface area contributed by atoms with E-state index in [1.165, 1.54) is 89.9 Å². The lowest BCUT2D eigenvalue weighted by molar-refractivity contribution is -0.144. The minimum atomic E-state index is -4.84. The second-order valence-electron chi connectivity index (χ2n) is 8.14. The van der Waals surface area contributed by atoms with Gasteiger partial charge in [0.25, 0.3) is 0 Å². The summed E-state index contributed by atoms with van der Waals surface area (Å²) in [7, 11) is -4.84. The molecule has 0 aromatic carbocycles. The molecule has 0 aromatic heterocycles. The Kier molecular flexibility index (Phi) is 18.9. The van der Waals surface area contributed by atoms with Gasteiger partial charge in [-0.05, 0) is 6.42 Å². The Bertz CT molecular complexity index is 478. The van der Waals surface area contributed by atoms with Crippen LogP contribution < -0.4 is 0 Å². The summed E-state index contributed by atoms with van der Waals surface area (Å²) >= 11 is 0. The zero-order valence-corrected chi connectivity index (χ0v) is 19.3. The van der Waals surface area contributed by atoms with Crippen molar-refractivity contribution in [2.45, 2.75) is 135 Å². The van der Waals surface area contributed by atoms with E-state index < -0.39 is 22.5 Å². The molecule has 29 heavy (non-hydrogen) atoms. The second-order valence-corrected chi connectivity index (χ2v) is 9.17. The quantitative estimate of drug-likeness (QED) is 0.166. The van der Waals surface area contributed by atoms with E-state index >= 15 is 0 Å². The molecule has 0 spiro atoms. The van der Waals surface area contributed by atoms with Crippen LogP contribution in [0, 0.1) is 0 Å². The van der Waals surface area contributed by atoms with Gasteiger partial charge in [0.15, 0.2) is 6.10 Å². The molecule has 0 amide bonds. The van der Waals surface area contributed by atoms with Crippen LogP contribution in [-0.4, -0.2) is 30.2 Å². The highest BCUT2D eigenvalue weighted by Gasteiger charge is 2.21. The van der Waals surface area contributed by atoms with Gasteiger partial charge in [0.05, 0.1) is 0 Å². The number of unbranched alkanes of at least 4 members (excludes halogenated alkanes) is 17. The first-order chi connectivity index (χ1) is 13.9. The zero-order chi connectivity index (χ0) is 21.8. The van der Waals surface area contributed by atoms with E-state index in [0.29, 0.717) is 6.42 Å². The zero-order valence-electron chi connectivity index (χ0n) is 18.4. The Hall–Kier alpha value is -0.660. The third-order valence-electron chi connectivity index (χ3n) is 5.29. The van der Waals surface area contributed by atoms with E-state index in [9.17, 15) is 18.3 Å². The van der Waals surface area contributed by atoms with Crippen LogP contribution >= 0.6 is 0 Å². The third kappa shape index (κ3) is 21.9. The van der Waals surface area contributed by atoms with Gasteiger partial charge in [-0.2, -0.15) is 8.42 Å². The largest absolute Gasteiger partial charge is 0.449 e. The van der Waals surface area contributed by atoms with E-state index in [2.05, 4.69) is 11.1 Å². The van der Waals surface area contributed by atoms with Crippen LogP contribution in [0.1, 0.15) is 129 Å². The van der Waals surface area contributed by atoms with Crippen LogP contribution in [0.3, 0.4) is 0 Å². The third-order valence-corrected chi connectivity index (χ3v) is 5.67. The molecule has 0 bridgehead atoms. The fraction of sp³-hybridized carbons (Fsp3) is 0.955. The van der Waals surface area contributed by atoms with Crippen molar-refractivity contribution in [3.63, 3.8) is 0 Å². The Morgan fingerprint density at radius 3 is 1.31 bits per heavy atom. The van der Waals surface area contributed by atoms with Gasteiger partial charge in [-0.1, -0.05) is 122 Å². The topological polar surface area (TPSA) is 101 Å². The smallest absolute Gasteiger partial charge is 0.381 e. The molecular formula is C22H44O6S. The Morgan fingerprint density at radius 2 is 1.00 bits per heavy atom. The molecule has 0 saturated carbocycles. The number of carbonyl (C=O) groups is 1. The van der Waals surface area contributed by atoms with E-state index in [4.69, 9.17) is 4.55 Å². The molecule has 0 saturated heterocycles. The highest BCUT2D eigenvalue weighted by atomic mass is 32.3. The number of hydrogen-bond donors (Lipinski definition) is 2. The van der Waals surface area contributed by atoms with Crippen molar-refractivity contribution in [2.75, 3.05) is 0 Å². The van der Waals surface area contributed by atoms with E-state index in [-0.39, 0.29) is 6.42 Å². The van der Waals surface area contributed by atoms with Gasteiger partial charge in [0.1, 0.15) is 0 Å². The van der Waals surface area contributed by atoms with Gasteiger partial charge in [0.2, 0.25) is 0 Å². The van der Waals surface area contributed by atoms with E-state index in [1.54, 1.807) is 0 Å². The highest BCUT2D eigenvalue weighted by molar-refractivity contribution is 7.81. The minimum absolute atomic E-state index is 0.146. The monoisotopic (exact) mass is 436 g/mol. The van der Waals surface area contributed by atoms with E-state index in [1.807, 2.05) is 0 Å². The molecule has 2 N–H and O–H groups in total. The predicted octanol–water partition coefficient (Wildman–Crippen LogP) is 6.13. The number of aliphatic hydroxyl groups excluding tert-OH is 1. The molecule has 6 nitrogen and oxygen atoms in total. The van der Waals surface area contributed by atoms with Crippen LogP contribution in [0.25, 0.3) is 0 Å². The van der Waals surface area contributed by atoms with Gasteiger partial charge in [-0.25, -0.2) is 4.79 Å². The summed E-state index contributed by atoms with van der Waals surface area (Å²) in [6.45, 7) is 2.26. The lowest BCUT2D eigenvalue weighted by atomic mass is 10.0.